The highest BCUT2D eigenvalue weighted by Gasteiger charge is 2.38. The lowest BCUT2D eigenvalue weighted by Gasteiger charge is -2.22. The molecule has 1 fully saturated rings. The summed E-state index contributed by atoms with van der Waals surface area (Å²) in [4.78, 5) is 4.62. The molecule has 0 radical (unpaired) electrons. The van der Waals surface area contributed by atoms with Crippen molar-refractivity contribution >= 4 is 11.1 Å². The van der Waals surface area contributed by atoms with Crippen LogP contribution < -0.4 is 10.5 Å². The average molecular weight is 246 g/mol. The molecule has 0 aliphatic heterocycles. The maximum absolute atomic E-state index is 5.95. The molecule has 0 saturated heterocycles. The first-order chi connectivity index (χ1) is 8.77. The minimum atomic E-state index is -0.0494. The third kappa shape index (κ3) is 1.68. The van der Waals surface area contributed by atoms with E-state index in [-0.39, 0.29) is 5.41 Å². The first-order valence-corrected chi connectivity index (χ1v) is 6.42. The fraction of sp³-hybridized carbons (Fsp3) is 0.500. The fourth-order valence-electron chi connectivity index (χ4n) is 2.82. The third-order valence-corrected chi connectivity index (χ3v) is 4.00. The molecular weight excluding hydrogens is 228 g/mol. The quantitative estimate of drug-likeness (QED) is 0.904. The van der Waals surface area contributed by atoms with E-state index in [0.717, 1.165) is 35.6 Å². The van der Waals surface area contributed by atoms with Crippen LogP contribution in [-0.2, 0) is 5.41 Å². The second-order valence-corrected chi connectivity index (χ2v) is 5.04. The second-order valence-electron chi connectivity index (χ2n) is 5.04. The summed E-state index contributed by atoms with van der Waals surface area (Å²) < 4.78 is 11.1. The zero-order chi connectivity index (χ0) is 12.6. The zero-order valence-corrected chi connectivity index (χ0v) is 10.6. The maximum Gasteiger partial charge on any atom is 0.202 e. The van der Waals surface area contributed by atoms with Crippen LogP contribution in [0.2, 0.25) is 0 Å². The van der Waals surface area contributed by atoms with E-state index in [2.05, 4.69) is 4.98 Å². The summed E-state index contributed by atoms with van der Waals surface area (Å²) >= 11 is 0. The number of hydrogen-bond acceptors (Lipinski definition) is 4. The molecule has 4 nitrogen and oxygen atoms in total. The highest BCUT2D eigenvalue weighted by Crippen LogP contribution is 2.41. The molecule has 0 atom stereocenters. The van der Waals surface area contributed by atoms with Crippen LogP contribution in [0.15, 0.2) is 22.6 Å². The van der Waals surface area contributed by atoms with Crippen molar-refractivity contribution in [1.82, 2.24) is 4.98 Å². The Balaban J connectivity index is 2.07. The molecule has 96 valence electrons. The van der Waals surface area contributed by atoms with Crippen molar-refractivity contribution in [2.45, 2.75) is 31.1 Å². The molecule has 0 amide bonds. The lowest BCUT2D eigenvalue weighted by molar-refractivity contribution is 0.344. The van der Waals surface area contributed by atoms with E-state index in [1.165, 1.54) is 12.8 Å². The number of nitrogens with two attached hydrogens (primary N) is 1. The second kappa shape index (κ2) is 4.28. The highest BCUT2D eigenvalue weighted by molar-refractivity contribution is 5.74. The molecule has 1 aliphatic carbocycles. The lowest BCUT2D eigenvalue weighted by Crippen LogP contribution is -2.32. The van der Waals surface area contributed by atoms with Crippen molar-refractivity contribution in [3.63, 3.8) is 0 Å². The zero-order valence-electron chi connectivity index (χ0n) is 10.6. The van der Waals surface area contributed by atoms with Gasteiger partial charge in [-0.3, -0.25) is 0 Å². The number of methoxy groups -OCH3 is 1. The molecule has 18 heavy (non-hydrogen) atoms. The topological polar surface area (TPSA) is 61.3 Å². The third-order valence-electron chi connectivity index (χ3n) is 4.00. The minimum absolute atomic E-state index is 0.0494. The fourth-order valence-corrected chi connectivity index (χ4v) is 2.82. The van der Waals surface area contributed by atoms with Gasteiger partial charge in [0.1, 0.15) is 11.3 Å². The van der Waals surface area contributed by atoms with E-state index in [4.69, 9.17) is 14.9 Å². The highest BCUT2D eigenvalue weighted by atomic mass is 16.5. The number of benzene rings is 1. The van der Waals surface area contributed by atoms with Crippen LogP contribution in [0.1, 0.15) is 31.6 Å². The molecule has 1 aliphatic rings. The van der Waals surface area contributed by atoms with Crippen LogP contribution in [-0.4, -0.2) is 18.6 Å². The van der Waals surface area contributed by atoms with Crippen LogP contribution in [0.3, 0.4) is 0 Å². The first kappa shape index (κ1) is 11.5. The molecular formula is C14H18N2O2. The summed E-state index contributed by atoms with van der Waals surface area (Å²) in [7, 11) is 1.65. The summed E-state index contributed by atoms with van der Waals surface area (Å²) in [6.45, 7) is 0.608. The standard InChI is InChI=1S/C14H18N2O2/c1-17-10-4-5-12-11(8-10)16-13(18-12)14(9-15)6-2-3-7-14/h4-5,8H,2-3,6-7,9,15H2,1H3. The number of hydrogen-bond donors (Lipinski definition) is 1. The van der Waals surface area contributed by atoms with Gasteiger partial charge in [-0.05, 0) is 25.0 Å². The van der Waals surface area contributed by atoms with Crippen LogP contribution in [0.5, 0.6) is 5.75 Å². The summed E-state index contributed by atoms with van der Waals surface area (Å²) in [5.74, 6) is 1.60. The Morgan fingerprint density at radius 1 is 1.39 bits per heavy atom. The van der Waals surface area contributed by atoms with Crippen molar-refractivity contribution in [1.29, 1.82) is 0 Å². The van der Waals surface area contributed by atoms with E-state index in [9.17, 15) is 0 Å². The van der Waals surface area contributed by atoms with Crippen LogP contribution in [0.25, 0.3) is 11.1 Å². The minimum Gasteiger partial charge on any atom is -0.497 e. The van der Waals surface area contributed by atoms with E-state index < -0.39 is 0 Å². The monoisotopic (exact) mass is 246 g/mol. The van der Waals surface area contributed by atoms with Gasteiger partial charge in [-0.25, -0.2) is 4.98 Å². The van der Waals surface area contributed by atoms with Gasteiger partial charge in [0.05, 0.1) is 12.5 Å². The van der Waals surface area contributed by atoms with Crippen molar-refractivity contribution in [2.24, 2.45) is 5.73 Å². The van der Waals surface area contributed by atoms with Crippen LogP contribution in [0.4, 0.5) is 0 Å². The molecule has 0 unspecified atom stereocenters. The summed E-state index contributed by atoms with van der Waals surface area (Å²) in [5, 5.41) is 0. The van der Waals surface area contributed by atoms with E-state index in [0.29, 0.717) is 6.54 Å². The van der Waals surface area contributed by atoms with Crippen molar-refractivity contribution in [2.75, 3.05) is 13.7 Å². The molecule has 0 spiro atoms. The van der Waals surface area contributed by atoms with Gasteiger partial charge in [-0.2, -0.15) is 0 Å². The average Bonchev–Trinajstić information content (AvgIpc) is 3.04. The van der Waals surface area contributed by atoms with Crippen molar-refractivity contribution < 1.29 is 9.15 Å². The van der Waals surface area contributed by atoms with Gasteiger partial charge < -0.3 is 14.9 Å². The van der Waals surface area contributed by atoms with Gasteiger partial charge in [-0.1, -0.05) is 12.8 Å². The molecule has 0 bridgehead atoms. The molecule has 1 aromatic heterocycles. The largest absolute Gasteiger partial charge is 0.497 e. The predicted octanol–water partition coefficient (Wildman–Crippen LogP) is 2.61. The van der Waals surface area contributed by atoms with Gasteiger partial charge in [0.15, 0.2) is 5.58 Å². The Morgan fingerprint density at radius 3 is 2.83 bits per heavy atom. The Hall–Kier alpha value is -1.55. The van der Waals surface area contributed by atoms with Gasteiger partial charge >= 0.3 is 0 Å². The van der Waals surface area contributed by atoms with E-state index in [1.807, 2.05) is 18.2 Å². The van der Waals surface area contributed by atoms with Crippen LogP contribution in [0, 0.1) is 0 Å². The van der Waals surface area contributed by atoms with Gasteiger partial charge in [0.25, 0.3) is 0 Å². The van der Waals surface area contributed by atoms with Crippen molar-refractivity contribution in [3.05, 3.63) is 24.1 Å². The van der Waals surface area contributed by atoms with Gasteiger partial charge in [0, 0.05) is 12.6 Å². The van der Waals surface area contributed by atoms with E-state index in [1.54, 1.807) is 7.11 Å². The smallest absolute Gasteiger partial charge is 0.202 e. The first-order valence-electron chi connectivity index (χ1n) is 6.42. The molecule has 3 rings (SSSR count). The summed E-state index contributed by atoms with van der Waals surface area (Å²) in [6, 6.07) is 5.70. The summed E-state index contributed by atoms with van der Waals surface area (Å²) in [6.07, 6.45) is 4.57. The number of nitrogens with zero attached hydrogens (tertiary/aromatic N) is 1. The number of oxazole rings is 1. The normalized spacial score (nSPS) is 18.3. The number of aromatic nitrogens is 1. The number of ether oxygens (including phenoxy) is 1. The Bertz CT molecular complexity index is 556. The maximum atomic E-state index is 5.95. The Labute approximate surface area is 106 Å². The molecule has 1 aromatic carbocycles. The summed E-state index contributed by atoms with van der Waals surface area (Å²) in [5.41, 5.74) is 7.57. The predicted molar refractivity (Wildman–Crippen MR) is 69.8 cm³/mol. The van der Waals surface area contributed by atoms with E-state index >= 15 is 0 Å². The number of rotatable bonds is 3. The molecule has 2 aromatic rings. The number of fused-ring (bicyclic) bond motifs is 1. The lowest BCUT2D eigenvalue weighted by atomic mass is 9.86. The Morgan fingerprint density at radius 2 is 2.17 bits per heavy atom. The Kier molecular flexibility index (Phi) is 2.74. The molecule has 4 heteroatoms. The SMILES string of the molecule is COc1ccc2oc(C3(CN)CCCC3)nc2c1. The van der Waals surface area contributed by atoms with Crippen molar-refractivity contribution in [3.8, 4) is 5.75 Å². The van der Waals surface area contributed by atoms with Crippen LogP contribution >= 0.6 is 0 Å². The molecule has 2 N–H and O–H groups in total. The molecule has 1 saturated carbocycles. The van der Waals surface area contributed by atoms with Gasteiger partial charge in [0.2, 0.25) is 5.89 Å². The molecule has 1 heterocycles. The van der Waals surface area contributed by atoms with Gasteiger partial charge in [-0.15, -0.1) is 0 Å².